The lowest BCUT2D eigenvalue weighted by Crippen LogP contribution is -2.66. The van der Waals surface area contributed by atoms with E-state index in [1.807, 2.05) is 13.0 Å². The van der Waals surface area contributed by atoms with Crippen molar-refractivity contribution in [2.75, 3.05) is 6.61 Å². The van der Waals surface area contributed by atoms with Crippen LogP contribution in [0.4, 0.5) is 0 Å². The van der Waals surface area contributed by atoms with Crippen LogP contribution >= 0.6 is 0 Å². The molecule has 8 unspecified atom stereocenters. The van der Waals surface area contributed by atoms with Gasteiger partial charge in [-0.2, -0.15) is 0 Å². The van der Waals surface area contributed by atoms with Gasteiger partial charge in [0.1, 0.15) is 5.78 Å². The standard InChI is InChI=1S/C33H48O5/c1-20(34)38-19-26(37)30(5)14-13-29(4)15-16-32(7)21(22(29)18-30)17-23(35)27-31(6)11-10-25(36)28(2,3)24(31)9-12-33(27,32)8/h17,22,24,27H,9-16,18-19H2,1-8H3. The van der Waals surface area contributed by atoms with E-state index in [1.165, 1.54) is 12.5 Å². The Labute approximate surface area is 228 Å². The van der Waals surface area contributed by atoms with E-state index in [-0.39, 0.29) is 57.6 Å². The van der Waals surface area contributed by atoms with Crippen LogP contribution in [0.15, 0.2) is 11.6 Å². The van der Waals surface area contributed by atoms with Crippen molar-refractivity contribution >= 4 is 23.3 Å². The second-order valence-corrected chi connectivity index (χ2v) is 15.6. The van der Waals surface area contributed by atoms with Crippen LogP contribution in [0.2, 0.25) is 0 Å². The lowest BCUT2D eigenvalue weighted by atomic mass is 9.33. The minimum atomic E-state index is -0.559. The Hall–Kier alpha value is -1.78. The van der Waals surface area contributed by atoms with Gasteiger partial charge in [0.2, 0.25) is 0 Å². The molecule has 0 radical (unpaired) electrons. The van der Waals surface area contributed by atoms with E-state index in [1.54, 1.807) is 0 Å². The summed E-state index contributed by atoms with van der Waals surface area (Å²) in [6.45, 7) is 16.9. The van der Waals surface area contributed by atoms with Crippen LogP contribution in [0.3, 0.4) is 0 Å². The van der Waals surface area contributed by atoms with Gasteiger partial charge in [-0.25, -0.2) is 0 Å². The van der Waals surface area contributed by atoms with E-state index >= 15 is 0 Å². The van der Waals surface area contributed by atoms with Crippen LogP contribution in [-0.2, 0) is 23.9 Å². The third-order valence-electron chi connectivity index (χ3n) is 13.4. The van der Waals surface area contributed by atoms with Crippen molar-refractivity contribution in [3.05, 3.63) is 11.6 Å². The van der Waals surface area contributed by atoms with Gasteiger partial charge < -0.3 is 4.74 Å². The lowest BCUT2D eigenvalue weighted by Gasteiger charge is -2.70. The molecule has 5 rings (SSSR count). The van der Waals surface area contributed by atoms with Gasteiger partial charge in [0.25, 0.3) is 0 Å². The van der Waals surface area contributed by atoms with E-state index in [0.29, 0.717) is 18.6 Å². The molecule has 0 heterocycles. The van der Waals surface area contributed by atoms with Crippen molar-refractivity contribution in [1.82, 2.24) is 0 Å². The van der Waals surface area contributed by atoms with E-state index in [4.69, 9.17) is 4.74 Å². The molecule has 5 nitrogen and oxygen atoms in total. The highest BCUT2D eigenvalue weighted by atomic mass is 16.5. The zero-order chi connectivity index (χ0) is 28.1. The number of hydrogen-bond donors (Lipinski definition) is 0. The Balaban J connectivity index is 1.55. The van der Waals surface area contributed by atoms with Crippen LogP contribution in [0.1, 0.15) is 113 Å². The summed E-state index contributed by atoms with van der Waals surface area (Å²) in [4.78, 5) is 52.0. The largest absolute Gasteiger partial charge is 0.458 e. The number of esters is 1. The van der Waals surface area contributed by atoms with Crippen molar-refractivity contribution in [2.45, 2.75) is 113 Å². The number of Topliss-reactive ketones (excluding diaryl/α,β-unsaturated/α-hetero) is 2. The highest BCUT2D eigenvalue weighted by Crippen LogP contribution is 2.74. The molecule has 5 aliphatic carbocycles. The number of fused-ring (bicyclic) bond motifs is 7. The molecule has 210 valence electrons. The summed E-state index contributed by atoms with van der Waals surface area (Å²) in [5, 5.41) is 0. The second-order valence-electron chi connectivity index (χ2n) is 15.6. The molecule has 0 aromatic rings. The molecule has 0 N–H and O–H groups in total. The molecule has 0 aromatic heterocycles. The first-order valence-electron chi connectivity index (χ1n) is 14.9. The average molecular weight is 525 g/mol. The summed E-state index contributed by atoms with van der Waals surface area (Å²) in [6.07, 6.45) is 9.94. The molecule has 0 amide bonds. The summed E-state index contributed by atoms with van der Waals surface area (Å²) in [6, 6.07) is 0. The van der Waals surface area contributed by atoms with Gasteiger partial charge in [0, 0.05) is 30.1 Å². The predicted octanol–water partition coefficient (Wildman–Crippen LogP) is 6.67. The Morgan fingerprint density at radius 3 is 2.24 bits per heavy atom. The first-order chi connectivity index (χ1) is 17.4. The highest BCUT2D eigenvalue weighted by molar-refractivity contribution is 5.96. The van der Waals surface area contributed by atoms with Crippen molar-refractivity contribution < 1.29 is 23.9 Å². The molecule has 0 aromatic carbocycles. The highest BCUT2D eigenvalue weighted by Gasteiger charge is 2.70. The van der Waals surface area contributed by atoms with Gasteiger partial charge >= 0.3 is 5.97 Å². The maximum atomic E-state index is 14.3. The SMILES string of the molecule is CC(=O)OCC(=O)C1(C)CCC2(C)CCC3(C)C(=CC(=O)C4C5(C)CCC(=O)C(C)(C)C5CCC43C)C2C1. The minimum Gasteiger partial charge on any atom is -0.458 e. The Kier molecular flexibility index (Phi) is 6.11. The van der Waals surface area contributed by atoms with Crippen molar-refractivity contribution in [3.63, 3.8) is 0 Å². The molecule has 38 heavy (non-hydrogen) atoms. The van der Waals surface area contributed by atoms with Crippen molar-refractivity contribution in [2.24, 2.45) is 50.2 Å². The quantitative estimate of drug-likeness (QED) is 0.385. The van der Waals surface area contributed by atoms with Gasteiger partial charge in [-0.1, -0.05) is 54.0 Å². The topological polar surface area (TPSA) is 77.5 Å². The summed E-state index contributed by atoms with van der Waals surface area (Å²) < 4.78 is 5.12. The number of hydrogen-bond acceptors (Lipinski definition) is 5. The maximum Gasteiger partial charge on any atom is 0.303 e. The number of ether oxygens (including phenoxy) is 1. The third kappa shape index (κ3) is 3.54. The van der Waals surface area contributed by atoms with Gasteiger partial charge in [0.15, 0.2) is 18.2 Å². The van der Waals surface area contributed by atoms with E-state index in [9.17, 15) is 19.2 Å². The van der Waals surface area contributed by atoms with E-state index < -0.39 is 16.8 Å². The molecule has 8 atom stereocenters. The van der Waals surface area contributed by atoms with Crippen LogP contribution in [-0.4, -0.2) is 29.9 Å². The fourth-order valence-electron chi connectivity index (χ4n) is 10.6. The van der Waals surface area contributed by atoms with Crippen LogP contribution in [0.5, 0.6) is 0 Å². The van der Waals surface area contributed by atoms with Crippen LogP contribution in [0.25, 0.3) is 0 Å². The molecule has 0 aliphatic heterocycles. The minimum absolute atomic E-state index is 0.00373. The number of ketones is 3. The molecule has 5 heteroatoms. The number of carbonyl (C=O) groups excluding carboxylic acids is 4. The van der Waals surface area contributed by atoms with Gasteiger partial charge in [-0.05, 0) is 90.9 Å². The van der Waals surface area contributed by atoms with E-state index in [0.717, 1.165) is 44.9 Å². The maximum absolute atomic E-state index is 14.3. The number of carbonyl (C=O) groups is 4. The van der Waals surface area contributed by atoms with Crippen molar-refractivity contribution in [3.8, 4) is 0 Å². The molecule has 0 bridgehead atoms. The van der Waals surface area contributed by atoms with Gasteiger partial charge in [0.05, 0.1) is 0 Å². The fourth-order valence-corrected chi connectivity index (χ4v) is 10.6. The molecule has 0 spiro atoms. The Morgan fingerprint density at radius 1 is 0.921 bits per heavy atom. The van der Waals surface area contributed by atoms with Crippen LogP contribution < -0.4 is 0 Å². The lowest BCUT2D eigenvalue weighted by molar-refractivity contribution is -0.187. The molecular formula is C33H48O5. The summed E-state index contributed by atoms with van der Waals surface area (Å²) >= 11 is 0. The zero-order valence-corrected chi connectivity index (χ0v) is 24.9. The third-order valence-corrected chi connectivity index (χ3v) is 13.4. The number of allylic oxidation sites excluding steroid dienone is 2. The first-order valence-corrected chi connectivity index (χ1v) is 14.9. The second kappa shape index (κ2) is 8.36. The van der Waals surface area contributed by atoms with Crippen LogP contribution in [0, 0.1) is 50.2 Å². The summed E-state index contributed by atoms with van der Waals surface area (Å²) in [7, 11) is 0. The summed E-state index contributed by atoms with van der Waals surface area (Å²) in [5.41, 5.74) is -0.0894. The smallest absolute Gasteiger partial charge is 0.303 e. The van der Waals surface area contributed by atoms with Gasteiger partial charge in [-0.15, -0.1) is 0 Å². The summed E-state index contributed by atoms with van der Waals surface area (Å²) in [5.74, 6) is 0.475. The predicted molar refractivity (Wildman–Crippen MR) is 146 cm³/mol. The molecule has 0 saturated heterocycles. The van der Waals surface area contributed by atoms with E-state index in [2.05, 4.69) is 41.5 Å². The molecule has 5 aliphatic rings. The fraction of sp³-hybridized carbons (Fsp3) is 0.818. The first kappa shape index (κ1) is 27.8. The molecule has 4 saturated carbocycles. The molecular weight excluding hydrogens is 476 g/mol. The number of rotatable bonds is 3. The normalized spacial score (nSPS) is 47.6. The monoisotopic (exact) mass is 524 g/mol. The van der Waals surface area contributed by atoms with Crippen molar-refractivity contribution in [1.29, 1.82) is 0 Å². The average Bonchev–Trinajstić information content (AvgIpc) is 2.82. The molecule has 4 fully saturated rings. The van der Waals surface area contributed by atoms with Gasteiger partial charge in [-0.3, -0.25) is 19.2 Å². The Bertz CT molecular complexity index is 1130. The Morgan fingerprint density at radius 2 is 1.58 bits per heavy atom. The zero-order valence-electron chi connectivity index (χ0n) is 24.9.